The third-order valence-corrected chi connectivity index (χ3v) is 7.63. The first-order chi connectivity index (χ1) is 19.1. The van der Waals surface area contributed by atoms with Crippen molar-refractivity contribution in [2.75, 3.05) is 13.1 Å². The molecule has 0 saturated carbocycles. The Bertz CT molecular complexity index is 1560. The van der Waals surface area contributed by atoms with Crippen molar-refractivity contribution in [2.24, 2.45) is 5.92 Å². The van der Waals surface area contributed by atoms with Gasteiger partial charge in [-0.25, -0.2) is 0 Å². The van der Waals surface area contributed by atoms with Crippen molar-refractivity contribution >= 4 is 22.0 Å². The first-order valence-electron chi connectivity index (χ1n) is 13.7. The molecular weight excluding hydrogens is 478 g/mol. The number of aryl methyl sites for hydroxylation is 1. The van der Waals surface area contributed by atoms with Crippen LogP contribution in [0.25, 0.3) is 33.4 Å². The van der Waals surface area contributed by atoms with Crippen LogP contribution in [0.4, 0.5) is 0 Å². The largest absolute Gasteiger partial charge is 0.357 e. The maximum absolute atomic E-state index is 4.72. The van der Waals surface area contributed by atoms with Crippen LogP contribution in [0.1, 0.15) is 48.6 Å². The molecule has 1 aromatic carbocycles. The van der Waals surface area contributed by atoms with Crippen LogP contribution in [-0.4, -0.2) is 33.3 Å². The van der Waals surface area contributed by atoms with E-state index in [-0.39, 0.29) is 0 Å². The molecule has 0 amide bonds. The normalized spacial score (nSPS) is 15.6. The van der Waals surface area contributed by atoms with Crippen LogP contribution in [-0.2, 0) is 0 Å². The van der Waals surface area contributed by atoms with Gasteiger partial charge in [0.1, 0.15) is 5.69 Å². The van der Waals surface area contributed by atoms with Gasteiger partial charge in [0.05, 0.1) is 11.2 Å². The number of fused-ring (bicyclic) bond motifs is 1. The van der Waals surface area contributed by atoms with Crippen molar-refractivity contribution < 1.29 is 0 Å². The van der Waals surface area contributed by atoms with Crippen LogP contribution >= 0.6 is 0 Å². The van der Waals surface area contributed by atoms with Gasteiger partial charge in [-0.2, -0.15) is 5.10 Å². The maximum Gasteiger partial charge on any atom is 0.116 e. The summed E-state index contributed by atoms with van der Waals surface area (Å²) in [6, 6.07) is 12.7. The second kappa shape index (κ2) is 12.1. The number of H-pyrrole nitrogens is 2. The zero-order valence-electron chi connectivity index (χ0n) is 22.9. The van der Waals surface area contributed by atoms with Gasteiger partial charge in [-0.3, -0.25) is 10.1 Å². The molecule has 3 N–H and O–H groups in total. The van der Waals surface area contributed by atoms with Gasteiger partial charge in [0, 0.05) is 29.0 Å². The highest BCUT2D eigenvalue weighted by molar-refractivity contribution is 5.96. The summed E-state index contributed by atoms with van der Waals surface area (Å²) >= 11 is 0. The molecule has 1 aliphatic rings. The Balaban J connectivity index is 1.49. The van der Waals surface area contributed by atoms with Crippen molar-refractivity contribution in [3.8, 4) is 11.4 Å². The molecule has 4 heterocycles. The zero-order chi connectivity index (χ0) is 27.2. The minimum absolute atomic E-state index is 0.717. The summed E-state index contributed by atoms with van der Waals surface area (Å²) in [6.45, 7) is 14.5. The summed E-state index contributed by atoms with van der Waals surface area (Å²) in [5.74, 6) is 0.717. The highest BCUT2D eigenvalue weighted by atomic mass is 15.1. The Morgan fingerprint density at radius 3 is 2.56 bits per heavy atom. The van der Waals surface area contributed by atoms with E-state index in [2.05, 4.69) is 83.8 Å². The summed E-state index contributed by atoms with van der Waals surface area (Å²) in [6.07, 6.45) is 17.5. The number of aromatic nitrogens is 4. The van der Waals surface area contributed by atoms with E-state index in [1.165, 1.54) is 29.6 Å². The number of pyridine rings is 1. The Labute approximate surface area is 231 Å². The van der Waals surface area contributed by atoms with Crippen LogP contribution in [0.2, 0.25) is 0 Å². The van der Waals surface area contributed by atoms with Crippen LogP contribution in [0, 0.1) is 12.8 Å². The highest BCUT2D eigenvalue weighted by Gasteiger charge is 2.17. The average Bonchev–Trinajstić information content (AvgIpc) is 3.57. The third-order valence-electron chi connectivity index (χ3n) is 7.63. The van der Waals surface area contributed by atoms with Crippen LogP contribution < -0.4 is 5.32 Å². The lowest BCUT2D eigenvalue weighted by atomic mass is 9.89. The molecule has 1 fully saturated rings. The van der Waals surface area contributed by atoms with Gasteiger partial charge >= 0.3 is 0 Å². The van der Waals surface area contributed by atoms with Crippen LogP contribution in [0.15, 0.2) is 97.9 Å². The Morgan fingerprint density at radius 2 is 1.85 bits per heavy atom. The molecular formula is C34H37N5. The Hall–Kier alpha value is -4.22. The molecule has 5 heteroatoms. The van der Waals surface area contributed by atoms with E-state index in [9.17, 15) is 0 Å². The second-order valence-electron chi connectivity index (χ2n) is 10.2. The second-order valence-corrected chi connectivity index (χ2v) is 10.2. The molecule has 0 bridgehead atoms. The topological polar surface area (TPSA) is 69.4 Å². The van der Waals surface area contributed by atoms with E-state index in [4.69, 9.17) is 5.10 Å². The summed E-state index contributed by atoms with van der Waals surface area (Å²) in [4.78, 5) is 7.75. The first kappa shape index (κ1) is 26.4. The van der Waals surface area contributed by atoms with E-state index >= 15 is 0 Å². The van der Waals surface area contributed by atoms with Gasteiger partial charge in [0.2, 0.25) is 0 Å². The molecule has 4 aromatic rings. The highest BCUT2D eigenvalue weighted by Crippen LogP contribution is 2.34. The van der Waals surface area contributed by atoms with Crippen LogP contribution in [0.3, 0.4) is 0 Å². The number of allylic oxidation sites excluding steroid dienone is 7. The molecule has 0 unspecified atom stereocenters. The number of nitrogens with zero attached hydrogens (tertiary/aromatic N) is 2. The standard InChI is InChI=1S/C34H37N5/c1-5-8-29(27-13-17-36-18-14-27)30-22-33(37-23(30)4)34-31-21-28(9-10-32(31)38-39-34)26(7-3)20-24(6-2)19-25-11-15-35-16-12-25/h5-10,13-14,17-18,20-22,25,35,37H,1-2,11-12,15-16,19H2,3-4H3,(H,38,39)/b24-20+,26-7+,29-8-. The fourth-order valence-corrected chi connectivity index (χ4v) is 5.51. The predicted molar refractivity (Wildman–Crippen MR) is 164 cm³/mol. The van der Waals surface area contributed by atoms with E-state index < -0.39 is 0 Å². The molecule has 1 aliphatic heterocycles. The predicted octanol–water partition coefficient (Wildman–Crippen LogP) is 7.78. The van der Waals surface area contributed by atoms with Crippen LogP contribution in [0.5, 0.6) is 0 Å². The van der Waals surface area contributed by atoms with Gasteiger partial charge in [-0.15, -0.1) is 0 Å². The first-order valence-corrected chi connectivity index (χ1v) is 13.7. The summed E-state index contributed by atoms with van der Waals surface area (Å²) in [7, 11) is 0. The Kier molecular flexibility index (Phi) is 8.18. The van der Waals surface area contributed by atoms with Crippen molar-refractivity contribution in [1.29, 1.82) is 0 Å². The molecule has 1 saturated heterocycles. The molecule has 0 aliphatic carbocycles. The molecule has 5 rings (SSSR count). The van der Waals surface area contributed by atoms with Gasteiger partial charge in [0.15, 0.2) is 0 Å². The minimum atomic E-state index is 0.717. The molecule has 0 radical (unpaired) electrons. The molecule has 0 spiro atoms. The van der Waals surface area contributed by atoms with Gasteiger partial charge < -0.3 is 10.3 Å². The monoisotopic (exact) mass is 515 g/mol. The number of rotatable bonds is 9. The van der Waals surface area contributed by atoms with Gasteiger partial charge in [-0.1, -0.05) is 49.6 Å². The van der Waals surface area contributed by atoms with Gasteiger partial charge in [-0.05, 0) is 110 Å². The fourth-order valence-electron chi connectivity index (χ4n) is 5.51. The molecule has 3 aromatic heterocycles. The van der Waals surface area contributed by atoms with Crippen molar-refractivity contribution in [1.82, 2.24) is 25.5 Å². The summed E-state index contributed by atoms with van der Waals surface area (Å²) < 4.78 is 0. The molecule has 0 atom stereocenters. The molecule has 39 heavy (non-hydrogen) atoms. The number of hydrogen-bond donors (Lipinski definition) is 3. The van der Waals surface area contributed by atoms with Crippen molar-refractivity contribution in [3.05, 3.63) is 120 Å². The van der Waals surface area contributed by atoms with E-state index in [1.807, 2.05) is 42.8 Å². The third kappa shape index (κ3) is 5.79. The fraction of sp³-hybridized carbons (Fsp3) is 0.235. The average molecular weight is 516 g/mol. The quantitative estimate of drug-likeness (QED) is 0.199. The van der Waals surface area contributed by atoms with E-state index in [0.717, 1.165) is 64.2 Å². The molecule has 198 valence electrons. The van der Waals surface area contributed by atoms with Crippen molar-refractivity contribution in [2.45, 2.75) is 33.1 Å². The number of aromatic amines is 2. The number of benzene rings is 1. The lowest BCUT2D eigenvalue weighted by Crippen LogP contribution is -2.27. The molecule has 5 nitrogen and oxygen atoms in total. The summed E-state index contributed by atoms with van der Waals surface area (Å²) in [5.41, 5.74) is 11.0. The smallest absolute Gasteiger partial charge is 0.116 e. The number of piperidine rings is 1. The summed E-state index contributed by atoms with van der Waals surface area (Å²) in [5, 5.41) is 12.5. The van der Waals surface area contributed by atoms with Gasteiger partial charge in [0.25, 0.3) is 0 Å². The maximum atomic E-state index is 4.72. The van der Waals surface area contributed by atoms with Crippen molar-refractivity contribution in [3.63, 3.8) is 0 Å². The van der Waals surface area contributed by atoms with E-state index in [1.54, 1.807) is 0 Å². The van der Waals surface area contributed by atoms with E-state index in [0.29, 0.717) is 5.92 Å². The zero-order valence-corrected chi connectivity index (χ0v) is 22.9. The number of nitrogens with one attached hydrogen (secondary N) is 3. The Morgan fingerprint density at radius 1 is 1.05 bits per heavy atom. The lowest BCUT2D eigenvalue weighted by molar-refractivity contribution is 0.374. The number of hydrogen-bond acceptors (Lipinski definition) is 3. The minimum Gasteiger partial charge on any atom is -0.357 e. The lowest BCUT2D eigenvalue weighted by Gasteiger charge is -2.23. The SMILES string of the molecule is C=C/C=C(/c1ccncc1)c1cc(-c2n[nH]c3ccc(C(/C=C(\C=C)CC4CCNCC4)=C/C)cc23)[nH]c1C.